The normalized spacial score (nSPS) is 14.3. The molecule has 4 rings (SSSR count). The van der Waals surface area contributed by atoms with Crippen molar-refractivity contribution in [2.75, 3.05) is 10.6 Å². The molecule has 2 aromatic carbocycles. The standard InChI is InChI=1S/C21H21ClN4/c22-16-9-6-12-18(13-16)23-20-14-19(15-7-2-1-3-8-15)25-21(26-20)24-17-10-4-5-11-17/h1-3,6-9,12-14,17H,4-5,10-11H2,(H2,23,24,25,26). The van der Waals surface area contributed by atoms with Gasteiger partial charge in [0.1, 0.15) is 5.82 Å². The Morgan fingerprint density at radius 3 is 2.46 bits per heavy atom. The zero-order chi connectivity index (χ0) is 17.8. The van der Waals surface area contributed by atoms with Crippen molar-refractivity contribution in [3.63, 3.8) is 0 Å². The Labute approximate surface area is 158 Å². The van der Waals surface area contributed by atoms with Crippen LogP contribution >= 0.6 is 11.6 Å². The number of rotatable bonds is 5. The van der Waals surface area contributed by atoms with E-state index in [-0.39, 0.29) is 0 Å². The van der Waals surface area contributed by atoms with E-state index in [0.717, 1.165) is 22.8 Å². The molecule has 5 heteroatoms. The minimum absolute atomic E-state index is 0.458. The Balaban J connectivity index is 1.67. The summed E-state index contributed by atoms with van der Waals surface area (Å²) in [5.41, 5.74) is 2.87. The SMILES string of the molecule is Clc1cccc(Nc2cc(-c3ccccc3)nc(NC3CCCC3)n2)c1. The first-order valence-corrected chi connectivity index (χ1v) is 9.38. The molecule has 2 N–H and O–H groups in total. The van der Waals surface area contributed by atoms with Crippen molar-refractivity contribution in [3.8, 4) is 11.3 Å². The van der Waals surface area contributed by atoms with E-state index >= 15 is 0 Å². The number of hydrogen-bond donors (Lipinski definition) is 2. The molecule has 1 saturated carbocycles. The minimum Gasteiger partial charge on any atom is -0.351 e. The molecular weight excluding hydrogens is 344 g/mol. The van der Waals surface area contributed by atoms with Gasteiger partial charge in [0.15, 0.2) is 0 Å². The van der Waals surface area contributed by atoms with Crippen LogP contribution in [0.25, 0.3) is 11.3 Å². The molecule has 0 spiro atoms. The summed E-state index contributed by atoms with van der Waals surface area (Å²) >= 11 is 6.10. The first-order valence-electron chi connectivity index (χ1n) is 9.00. The summed E-state index contributed by atoms with van der Waals surface area (Å²) in [6.07, 6.45) is 4.89. The average Bonchev–Trinajstić information content (AvgIpc) is 3.15. The first kappa shape index (κ1) is 16.9. The molecule has 26 heavy (non-hydrogen) atoms. The van der Waals surface area contributed by atoms with Gasteiger partial charge in [-0.3, -0.25) is 0 Å². The topological polar surface area (TPSA) is 49.8 Å². The van der Waals surface area contributed by atoms with Gasteiger partial charge >= 0.3 is 0 Å². The van der Waals surface area contributed by atoms with Crippen molar-refractivity contribution in [2.45, 2.75) is 31.7 Å². The molecule has 1 aliphatic carbocycles. The van der Waals surface area contributed by atoms with Crippen LogP contribution in [0.2, 0.25) is 5.02 Å². The lowest BCUT2D eigenvalue weighted by Crippen LogP contribution is -2.17. The van der Waals surface area contributed by atoms with Gasteiger partial charge in [-0.25, -0.2) is 4.98 Å². The van der Waals surface area contributed by atoms with E-state index in [1.54, 1.807) is 0 Å². The largest absolute Gasteiger partial charge is 0.351 e. The maximum absolute atomic E-state index is 6.10. The van der Waals surface area contributed by atoms with E-state index < -0.39 is 0 Å². The Hall–Kier alpha value is -2.59. The van der Waals surface area contributed by atoms with E-state index in [2.05, 4.69) is 27.8 Å². The maximum Gasteiger partial charge on any atom is 0.225 e. The molecule has 0 radical (unpaired) electrons. The van der Waals surface area contributed by atoms with Crippen molar-refractivity contribution in [1.82, 2.24) is 9.97 Å². The van der Waals surface area contributed by atoms with Crippen LogP contribution in [-0.4, -0.2) is 16.0 Å². The van der Waals surface area contributed by atoms with Crippen molar-refractivity contribution < 1.29 is 0 Å². The van der Waals surface area contributed by atoms with Crippen molar-refractivity contribution in [3.05, 3.63) is 65.7 Å². The van der Waals surface area contributed by atoms with Crippen molar-refractivity contribution in [2.24, 2.45) is 0 Å². The fraction of sp³-hybridized carbons (Fsp3) is 0.238. The molecule has 0 amide bonds. The highest BCUT2D eigenvalue weighted by Crippen LogP contribution is 2.26. The number of nitrogens with zero attached hydrogens (tertiary/aromatic N) is 2. The van der Waals surface area contributed by atoms with Gasteiger partial charge in [-0.05, 0) is 31.0 Å². The number of aromatic nitrogens is 2. The van der Waals surface area contributed by atoms with Crippen LogP contribution in [0.4, 0.5) is 17.5 Å². The summed E-state index contributed by atoms with van der Waals surface area (Å²) in [6.45, 7) is 0. The molecule has 0 unspecified atom stereocenters. The molecule has 1 fully saturated rings. The minimum atomic E-state index is 0.458. The van der Waals surface area contributed by atoms with Gasteiger partial charge in [0, 0.05) is 28.4 Å². The second kappa shape index (κ2) is 7.75. The van der Waals surface area contributed by atoms with E-state index in [1.165, 1.54) is 25.7 Å². The van der Waals surface area contributed by atoms with Gasteiger partial charge in [-0.1, -0.05) is 60.8 Å². The highest BCUT2D eigenvalue weighted by atomic mass is 35.5. The number of halogens is 1. The predicted molar refractivity (Wildman–Crippen MR) is 108 cm³/mol. The van der Waals surface area contributed by atoms with E-state index in [4.69, 9.17) is 16.6 Å². The fourth-order valence-corrected chi connectivity index (χ4v) is 3.49. The van der Waals surface area contributed by atoms with Crippen LogP contribution in [0.15, 0.2) is 60.7 Å². The van der Waals surface area contributed by atoms with Crippen LogP contribution in [0.5, 0.6) is 0 Å². The summed E-state index contributed by atoms with van der Waals surface area (Å²) in [5.74, 6) is 1.42. The van der Waals surface area contributed by atoms with Gasteiger partial charge in [0.2, 0.25) is 5.95 Å². The molecule has 3 aromatic rings. The molecule has 0 aliphatic heterocycles. The third-order valence-corrected chi connectivity index (χ3v) is 4.82. The maximum atomic E-state index is 6.10. The Bertz CT molecular complexity index is 876. The van der Waals surface area contributed by atoms with Crippen LogP contribution in [0.3, 0.4) is 0 Å². The van der Waals surface area contributed by atoms with Crippen LogP contribution in [0, 0.1) is 0 Å². The summed E-state index contributed by atoms with van der Waals surface area (Å²) in [5, 5.41) is 7.54. The summed E-state index contributed by atoms with van der Waals surface area (Å²) < 4.78 is 0. The third-order valence-electron chi connectivity index (χ3n) is 4.58. The van der Waals surface area contributed by atoms with Crippen LogP contribution in [-0.2, 0) is 0 Å². The molecule has 1 aromatic heterocycles. The second-order valence-corrected chi connectivity index (χ2v) is 7.03. The van der Waals surface area contributed by atoms with Crippen molar-refractivity contribution >= 4 is 29.1 Å². The number of anilines is 3. The van der Waals surface area contributed by atoms with Gasteiger partial charge in [0.05, 0.1) is 5.69 Å². The Morgan fingerprint density at radius 1 is 0.885 bits per heavy atom. The van der Waals surface area contributed by atoms with E-state index in [0.29, 0.717) is 17.0 Å². The van der Waals surface area contributed by atoms with Gasteiger partial charge in [-0.15, -0.1) is 0 Å². The van der Waals surface area contributed by atoms with Gasteiger partial charge < -0.3 is 10.6 Å². The lowest BCUT2D eigenvalue weighted by atomic mass is 10.1. The molecule has 0 atom stereocenters. The zero-order valence-corrected chi connectivity index (χ0v) is 15.2. The summed E-state index contributed by atoms with van der Waals surface area (Å²) in [4.78, 5) is 9.41. The lowest BCUT2D eigenvalue weighted by Gasteiger charge is -2.15. The molecule has 4 nitrogen and oxygen atoms in total. The molecule has 132 valence electrons. The molecule has 1 heterocycles. The smallest absolute Gasteiger partial charge is 0.225 e. The highest BCUT2D eigenvalue weighted by Gasteiger charge is 2.16. The monoisotopic (exact) mass is 364 g/mol. The summed E-state index contributed by atoms with van der Waals surface area (Å²) in [7, 11) is 0. The average molecular weight is 365 g/mol. The quantitative estimate of drug-likeness (QED) is 0.592. The molecule has 0 bridgehead atoms. The Kier molecular flexibility index (Phi) is 5.02. The second-order valence-electron chi connectivity index (χ2n) is 6.59. The Morgan fingerprint density at radius 2 is 1.69 bits per heavy atom. The van der Waals surface area contributed by atoms with E-state index in [1.807, 2.05) is 48.5 Å². The fourth-order valence-electron chi connectivity index (χ4n) is 3.30. The van der Waals surface area contributed by atoms with E-state index in [9.17, 15) is 0 Å². The van der Waals surface area contributed by atoms with Crippen LogP contribution < -0.4 is 10.6 Å². The van der Waals surface area contributed by atoms with Gasteiger partial charge in [0.25, 0.3) is 0 Å². The van der Waals surface area contributed by atoms with Crippen LogP contribution in [0.1, 0.15) is 25.7 Å². The zero-order valence-electron chi connectivity index (χ0n) is 14.5. The number of nitrogens with one attached hydrogen (secondary N) is 2. The molecular formula is C21H21ClN4. The lowest BCUT2D eigenvalue weighted by molar-refractivity contribution is 0.744. The summed E-state index contributed by atoms with van der Waals surface area (Å²) in [6, 6.07) is 20.2. The van der Waals surface area contributed by atoms with Gasteiger partial charge in [-0.2, -0.15) is 4.98 Å². The molecule has 0 saturated heterocycles. The number of hydrogen-bond acceptors (Lipinski definition) is 4. The van der Waals surface area contributed by atoms with Crippen molar-refractivity contribution in [1.29, 1.82) is 0 Å². The first-order chi connectivity index (χ1) is 12.8. The third kappa shape index (κ3) is 4.14. The molecule has 1 aliphatic rings. The highest BCUT2D eigenvalue weighted by molar-refractivity contribution is 6.30. The number of benzene rings is 2. The predicted octanol–water partition coefficient (Wildman–Crippen LogP) is 5.90.